The minimum Gasteiger partial charge on any atom is -0.447 e. The molecular weight excluding hydrogens is 226 g/mol. The average Bonchev–Trinajstić information content (AvgIpc) is 2.32. The summed E-state index contributed by atoms with van der Waals surface area (Å²) in [5, 5.41) is 0. The molecule has 0 bridgehead atoms. The first kappa shape index (κ1) is 17.4. The molecular formula is C15H31NO2. The van der Waals surface area contributed by atoms with Gasteiger partial charge in [-0.15, -0.1) is 0 Å². The van der Waals surface area contributed by atoms with E-state index in [1.807, 2.05) is 6.92 Å². The number of carbonyl (C=O) groups is 1. The first-order valence-corrected chi connectivity index (χ1v) is 7.65. The van der Waals surface area contributed by atoms with Crippen LogP contribution >= 0.6 is 0 Å². The number of hydrogen-bond acceptors (Lipinski definition) is 3. The molecule has 0 saturated heterocycles. The van der Waals surface area contributed by atoms with Gasteiger partial charge in [-0.2, -0.15) is 0 Å². The van der Waals surface area contributed by atoms with Gasteiger partial charge in [0.05, 0.1) is 0 Å². The molecule has 3 nitrogen and oxygen atoms in total. The molecule has 108 valence electrons. The summed E-state index contributed by atoms with van der Waals surface area (Å²) in [6, 6.07) is 0. The molecule has 1 atom stereocenters. The smallest absolute Gasteiger partial charge is 0.307 e. The third kappa shape index (κ3) is 11.9. The molecule has 0 spiro atoms. The quantitative estimate of drug-likeness (QED) is 0.325. The van der Waals surface area contributed by atoms with Crippen LogP contribution in [-0.4, -0.2) is 12.2 Å². The molecule has 3 heteroatoms. The Bertz CT molecular complexity index is 195. The highest BCUT2D eigenvalue weighted by atomic mass is 16.6. The topological polar surface area (TPSA) is 52.3 Å². The standard InChI is InChI=1S/C15H31NO2/c1-3-5-6-7-8-9-10-11-13-15(17)18-14(16)12-4-2/h14H,3-13,16H2,1-2H3. The van der Waals surface area contributed by atoms with Crippen molar-refractivity contribution in [3.05, 3.63) is 0 Å². The second-order valence-electron chi connectivity index (χ2n) is 5.04. The van der Waals surface area contributed by atoms with Gasteiger partial charge in [0.25, 0.3) is 0 Å². The van der Waals surface area contributed by atoms with Crippen LogP contribution in [0.5, 0.6) is 0 Å². The monoisotopic (exact) mass is 257 g/mol. The lowest BCUT2D eigenvalue weighted by Gasteiger charge is -2.11. The molecule has 0 aliphatic heterocycles. The lowest BCUT2D eigenvalue weighted by Crippen LogP contribution is -2.26. The largest absolute Gasteiger partial charge is 0.447 e. The number of rotatable bonds is 12. The second kappa shape index (κ2) is 12.9. The van der Waals surface area contributed by atoms with Gasteiger partial charge in [0.1, 0.15) is 0 Å². The van der Waals surface area contributed by atoms with E-state index in [0.29, 0.717) is 6.42 Å². The Kier molecular flexibility index (Phi) is 12.5. The van der Waals surface area contributed by atoms with E-state index in [-0.39, 0.29) is 5.97 Å². The Morgan fingerprint density at radius 2 is 1.50 bits per heavy atom. The summed E-state index contributed by atoms with van der Waals surface area (Å²) in [5.74, 6) is -0.137. The fraction of sp³-hybridized carbons (Fsp3) is 0.933. The number of hydrogen-bond donors (Lipinski definition) is 1. The van der Waals surface area contributed by atoms with Gasteiger partial charge in [0, 0.05) is 6.42 Å². The molecule has 0 rings (SSSR count). The zero-order chi connectivity index (χ0) is 13.6. The summed E-state index contributed by atoms with van der Waals surface area (Å²) in [4.78, 5) is 11.4. The predicted octanol–water partition coefficient (Wildman–Crippen LogP) is 4.15. The van der Waals surface area contributed by atoms with E-state index in [1.165, 1.54) is 38.5 Å². The van der Waals surface area contributed by atoms with Crippen LogP contribution in [0.3, 0.4) is 0 Å². The van der Waals surface area contributed by atoms with Crippen molar-refractivity contribution in [1.29, 1.82) is 0 Å². The summed E-state index contributed by atoms with van der Waals surface area (Å²) in [5.41, 5.74) is 5.64. The lowest BCUT2D eigenvalue weighted by atomic mass is 10.1. The van der Waals surface area contributed by atoms with Crippen molar-refractivity contribution in [2.45, 2.75) is 90.7 Å². The summed E-state index contributed by atoms with van der Waals surface area (Å²) in [7, 11) is 0. The van der Waals surface area contributed by atoms with E-state index in [0.717, 1.165) is 25.7 Å². The van der Waals surface area contributed by atoms with Gasteiger partial charge < -0.3 is 4.74 Å². The summed E-state index contributed by atoms with van der Waals surface area (Å²) >= 11 is 0. The molecule has 0 saturated carbocycles. The van der Waals surface area contributed by atoms with Gasteiger partial charge in [0.15, 0.2) is 6.23 Å². The van der Waals surface area contributed by atoms with Crippen LogP contribution in [0.25, 0.3) is 0 Å². The van der Waals surface area contributed by atoms with Gasteiger partial charge in [-0.3, -0.25) is 10.5 Å². The van der Waals surface area contributed by atoms with Crippen LogP contribution in [0.15, 0.2) is 0 Å². The highest BCUT2D eigenvalue weighted by molar-refractivity contribution is 5.69. The molecule has 0 radical (unpaired) electrons. The molecule has 0 aromatic heterocycles. The van der Waals surface area contributed by atoms with Crippen LogP contribution in [0.1, 0.15) is 84.5 Å². The van der Waals surface area contributed by atoms with E-state index < -0.39 is 6.23 Å². The number of nitrogens with two attached hydrogens (primary N) is 1. The van der Waals surface area contributed by atoms with Crippen LogP contribution in [-0.2, 0) is 9.53 Å². The number of carbonyl (C=O) groups excluding carboxylic acids is 1. The Balaban J connectivity index is 3.25. The van der Waals surface area contributed by atoms with Crippen molar-refractivity contribution in [2.24, 2.45) is 5.73 Å². The Morgan fingerprint density at radius 3 is 2.06 bits per heavy atom. The van der Waals surface area contributed by atoms with E-state index in [2.05, 4.69) is 6.92 Å². The highest BCUT2D eigenvalue weighted by Crippen LogP contribution is 2.10. The van der Waals surface area contributed by atoms with Crippen molar-refractivity contribution < 1.29 is 9.53 Å². The van der Waals surface area contributed by atoms with Crippen molar-refractivity contribution in [2.75, 3.05) is 0 Å². The Morgan fingerprint density at radius 1 is 0.944 bits per heavy atom. The average molecular weight is 257 g/mol. The number of esters is 1. The van der Waals surface area contributed by atoms with Crippen LogP contribution in [0, 0.1) is 0 Å². The second-order valence-corrected chi connectivity index (χ2v) is 5.04. The number of unbranched alkanes of at least 4 members (excludes halogenated alkanes) is 7. The molecule has 0 aromatic rings. The zero-order valence-corrected chi connectivity index (χ0v) is 12.2. The molecule has 1 unspecified atom stereocenters. The van der Waals surface area contributed by atoms with Crippen molar-refractivity contribution in [3.63, 3.8) is 0 Å². The third-order valence-corrected chi connectivity index (χ3v) is 3.09. The zero-order valence-electron chi connectivity index (χ0n) is 12.2. The summed E-state index contributed by atoms with van der Waals surface area (Å²) in [6.07, 6.45) is 11.7. The Hall–Kier alpha value is -0.570. The van der Waals surface area contributed by atoms with Gasteiger partial charge in [-0.1, -0.05) is 65.2 Å². The Labute approximate surface area is 112 Å². The van der Waals surface area contributed by atoms with Crippen molar-refractivity contribution in [3.8, 4) is 0 Å². The molecule has 0 fully saturated rings. The molecule has 18 heavy (non-hydrogen) atoms. The van der Waals surface area contributed by atoms with Gasteiger partial charge in [-0.05, 0) is 12.8 Å². The summed E-state index contributed by atoms with van der Waals surface area (Å²) in [6.45, 7) is 4.26. The van der Waals surface area contributed by atoms with E-state index >= 15 is 0 Å². The third-order valence-electron chi connectivity index (χ3n) is 3.09. The molecule has 2 N–H and O–H groups in total. The minimum atomic E-state index is -0.406. The maximum absolute atomic E-state index is 11.4. The van der Waals surface area contributed by atoms with Gasteiger partial charge in [-0.25, -0.2) is 0 Å². The molecule has 0 aromatic carbocycles. The molecule has 0 heterocycles. The van der Waals surface area contributed by atoms with Crippen molar-refractivity contribution >= 4 is 5.97 Å². The van der Waals surface area contributed by atoms with Crippen LogP contribution in [0.4, 0.5) is 0 Å². The first-order chi connectivity index (χ1) is 8.70. The van der Waals surface area contributed by atoms with Crippen LogP contribution in [0.2, 0.25) is 0 Å². The van der Waals surface area contributed by atoms with Gasteiger partial charge >= 0.3 is 5.97 Å². The maximum Gasteiger partial charge on any atom is 0.307 e. The molecule has 0 amide bonds. The minimum absolute atomic E-state index is 0.137. The SMILES string of the molecule is CCCCCCCCCCC(=O)OC(N)CCC. The van der Waals surface area contributed by atoms with E-state index in [9.17, 15) is 4.79 Å². The fourth-order valence-electron chi connectivity index (χ4n) is 1.97. The van der Waals surface area contributed by atoms with E-state index in [1.54, 1.807) is 0 Å². The van der Waals surface area contributed by atoms with E-state index in [4.69, 9.17) is 10.5 Å². The van der Waals surface area contributed by atoms with Crippen molar-refractivity contribution in [1.82, 2.24) is 0 Å². The lowest BCUT2D eigenvalue weighted by molar-refractivity contribution is -0.149. The molecule has 0 aliphatic carbocycles. The summed E-state index contributed by atoms with van der Waals surface area (Å²) < 4.78 is 5.09. The maximum atomic E-state index is 11.4. The highest BCUT2D eigenvalue weighted by Gasteiger charge is 2.08. The normalized spacial score (nSPS) is 12.4. The molecule has 0 aliphatic rings. The fourth-order valence-corrected chi connectivity index (χ4v) is 1.97. The first-order valence-electron chi connectivity index (χ1n) is 7.65. The number of ether oxygens (including phenoxy) is 1. The van der Waals surface area contributed by atoms with Gasteiger partial charge in [0.2, 0.25) is 0 Å². The predicted molar refractivity (Wildman–Crippen MR) is 76.2 cm³/mol. The van der Waals surface area contributed by atoms with Crippen LogP contribution < -0.4 is 5.73 Å².